The zero-order valence-electron chi connectivity index (χ0n) is 8.92. The quantitative estimate of drug-likeness (QED) is 0.560. The van der Waals surface area contributed by atoms with Crippen LogP contribution in [0.2, 0.25) is 5.15 Å². The molecular weight excluding hydrogens is 208 g/mol. The van der Waals surface area contributed by atoms with Crippen molar-refractivity contribution in [3.63, 3.8) is 0 Å². The van der Waals surface area contributed by atoms with Gasteiger partial charge in [-0.3, -0.25) is 0 Å². The van der Waals surface area contributed by atoms with Crippen LogP contribution in [0, 0.1) is 13.8 Å². The summed E-state index contributed by atoms with van der Waals surface area (Å²) < 4.78 is 2.15. The Bertz CT molecular complexity index is 526. The fraction of sp³-hybridized carbons (Fsp3) is 0.250. The van der Waals surface area contributed by atoms with Crippen molar-refractivity contribution in [3.8, 4) is 0 Å². The number of aromatic nitrogens is 2. The first-order chi connectivity index (χ1) is 7.16. The van der Waals surface area contributed by atoms with Crippen LogP contribution in [0.3, 0.4) is 0 Å². The molecule has 0 unspecified atom stereocenters. The van der Waals surface area contributed by atoms with E-state index in [-0.39, 0.29) is 0 Å². The summed E-state index contributed by atoms with van der Waals surface area (Å²) in [6, 6.07) is 2.00. The van der Waals surface area contributed by atoms with Gasteiger partial charge in [0.2, 0.25) is 0 Å². The molecule has 0 fully saturated rings. The summed E-state index contributed by atoms with van der Waals surface area (Å²) in [6.07, 6.45) is 3.62. The number of halogens is 1. The third-order valence-corrected chi connectivity index (χ3v) is 3.09. The molecule has 0 spiro atoms. The van der Waals surface area contributed by atoms with Crippen LogP contribution in [0.5, 0.6) is 0 Å². The van der Waals surface area contributed by atoms with Crippen LogP contribution < -0.4 is 0 Å². The first-order valence-electron chi connectivity index (χ1n) is 4.87. The molecule has 0 N–H and O–H groups in total. The van der Waals surface area contributed by atoms with Crippen molar-refractivity contribution >= 4 is 22.5 Å². The third kappa shape index (κ3) is 1.45. The average Bonchev–Trinajstić information content (AvgIpc) is 2.46. The molecule has 0 saturated carbocycles. The van der Waals surface area contributed by atoms with Crippen LogP contribution in [0.15, 0.2) is 24.9 Å². The Labute approximate surface area is 94.2 Å². The van der Waals surface area contributed by atoms with Gasteiger partial charge in [0.05, 0.1) is 5.52 Å². The van der Waals surface area contributed by atoms with Crippen LogP contribution in [0.4, 0.5) is 0 Å². The lowest BCUT2D eigenvalue weighted by atomic mass is 10.2. The van der Waals surface area contributed by atoms with E-state index >= 15 is 0 Å². The van der Waals surface area contributed by atoms with Gasteiger partial charge in [-0.1, -0.05) is 17.7 Å². The maximum atomic E-state index is 6.12. The monoisotopic (exact) mass is 220 g/mol. The highest BCUT2D eigenvalue weighted by Gasteiger charge is 2.12. The lowest BCUT2D eigenvalue weighted by Gasteiger charge is -2.04. The fourth-order valence-electron chi connectivity index (χ4n) is 1.91. The molecule has 0 aliphatic heterocycles. The second-order valence-corrected chi connectivity index (χ2v) is 3.97. The molecular formula is C12H13ClN2. The number of hydrogen-bond acceptors (Lipinski definition) is 1. The molecule has 2 rings (SSSR count). The van der Waals surface area contributed by atoms with E-state index in [2.05, 4.69) is 30.0 Å². The van der Waals surface area contributed by atoms with E-state index in [1.807, 2.05) is 12.1 Å². The zero-order valence-corrected chi connectivity index (χ0v) is 9.67. The number of pyridine rings is 1. The third-order valence-electron chi connectivity index (χ3n) is 2.81. The van der Waals surface area contributed by atoms with Gasteiger partial charge in [-0.25, -0.2) is 4.98 Å². The summed E-state index contributed by atoms with van der Waals surface area (Å²) >= 11 is 6.12. The molecule has 2 heterocycles. The number of nitrogens with zero attached hydrogens (tertiary/aromatic N) is 2. The SMILES string of the molecule is C=CCn1c(C)c(C)c2ccnc(Cl)c21. The molecule has 2 aromatic rings. The summed E-state index contributed by atoms with van der Waals surface area (Å²) in [6.45, 7) is 8.72. The minimum Gasteiger partial charge on any atom is -0.338 e. The number of fused-ring (bicyclic) bond motifs is 1. The molecule has 2 aromatic heterocycles. The van der Waals surface area contributed by atoms with Gasteiger partial charge in [0.15, 0.2) is 5.15 Å². The Hall–Kier alpha value is -1.28. The Morgan fingerprint density at radius 3 is 2.93 bits per heavy atom. The van der Waals surface area contributed by atoms with E-state index < -0.39 is 0 Å². The van der Waals surface area contributed by atoms with E-state index in [0.29, 0.717) is 5.15 Å². The van der Waals surface area contributed by atoms with E-state index in [1.165, 1.54) is 16.6 Å². The van der Waals surface area contributed by atoms with Gasteiger partial charge in [-0.05, 0) is 25.5 Å². The molecule has 0 amide bonds. The standard InChI is InChI=1S/C12H13ClN2/c1-4-7-15-9(3)8(2)10-5-6-14-12(13)11(10)15/h4-6H,1,7H2,2-3H3. The molecule has 0 aliphatic carbocycles. The van der Waals surface area contributed by atoms with E-state index in [4.69, 9.17) is 11.6 Å². The molecule has 0 aromatic carbocycles. The van der Waals surface area contributed by atoms with Crippen molar-refractivity contribution < 1.29 is 0 Å². The van der Waals surface area contributed by atoms with Gasteiger partial charge in [-0.15, -0.1) is 6.58 Å². The van der Waals surface area contributed by atoms with Gasteiger partial charge in [-0.2, -0.15) is 0 Å². The minimum atomic E-state index is 0.561. The first-order valence-corrected chi connectivity index (χ1v) is 5.25. The fourth-order valence-corrected chi connectivity index (χ4v) is 2.17. The Kier molecular flexibility index (Phi) is 2.53. The second-order valence-electron chi connectivity index (χ2n) is 3.61. The Morgan fingerprint density at radius 2 is 2.27 bits per heavy atom. The van der Waals surface area contributed by atoms with Crippen LogP contribution >= 0.6 is 11.6 Å². The Balaban J connectivity index is 2.88. The molecule has 0 saturated heterocycles. The van der Waals surface area contributed by atoms with Crippen LogP contribution in [-0.2, 0) is 6.54 Å². The van der Waals surface area contributed by atoms with Crippen molar-refractivity contribution in [2.75, 3.05) is 0 Å². The second kappa shape index (κ2) is 3.70. The number of aryl methyl sites for hydroxylation is 1. The topological polar surface area (TPSA) is 17.8 Å². The lowest BCUT2D eigenvalue weighted by Crippen LogP contribution is -1.98. The van der Waals surface area contributed by atoms with Crippen molar-refractivity contribution in [2.45, 2.75) is 20.4 Å². The van der Waals surface area contributed by atoms with E-state index in [9.17, 15) is 0 Å². The highest BCUT2D eigenvalue weighted by atomic mass is 35.5. The molecule has 0 aliphatic rings. The van der Waals surface area contributed by atoms with Crippen LogP contribution in [0.1, 0.15) is 11.3 Å². The molecule has 2 nitrogen and oxygen atoms in total. The predicted octanol–water partition coefficient (Wildman–Crippen LogP) is 3.49. The van der Waals surface area contributed by atoms with Crippen LogP contribution in [-0.4, -0.2) is 9.55 Å². The van der Waals surface area contributed by atoms with Gasteiger partial charge in [0, 0.05) is 23.8 Å². The average molecular weight is 221 g/mol. The molecule has 15 heavy (non-hydrogen) atoms. The first kappa shape index (κ1) is 10.2. The normalized spacial score (nSPS) is 10.9. The van der Waals surface area contributed by atoms with Crippen molar-refractivity contribution in [1.82, 2.24) is 9.55 Å². The lowest BCUT2D eigenvalue weighted by molar-refractivity contribution is 0.823. The maximum Gasteiger partial charge on any atom is 0.153 e. The predicted molar refractivity (Wildman–Crippen MR) is 64.4 cm³/mol. The number of allylic oxidation sites excluding steroid dienone is 1. The summed E-state index contributed by atoms with van der Waals surface area (Å²) in [7, 11) is 0. The summed E-state index contributed by atoms with van der Waals surface area (Å²) in [5, 5.41) is 1.74. The molecule has 0 atom stereocenters. The number of rotatable bonds is 2. The molecule has 0 radical (unpaired) electrons. The molecule has 0 bridgehead atoms. The Morgan fingerprint density at radius 1 is 1.53 bits per heavy atom. The summed E-state index contributed by atoms with van der Waals surface area (Å²) in [5.74, 6) is 0. The summed E-state index contributed by atoms with van der Waals surface area (Å²) in [5.41, 5.74) is 3.49. The number of hydrogen-bond donors (Lipinski definition) is 0. The summed E-state index contributed by atoms with van der Waals surface area (Å²) in [4.78, 5) is 4.11. The highest BCUT2D eigenvalue weighted by molar-refractivity contribution is 6.34. The largest absolute Gasteiger partial charge is 0.338 e. The van der Waals surface area contributed by atoms with Gasteiger partial charge < -0.3 is 4.57 Å². The molecule has 78 valence electrons. The van der Waals surface area contributed by atoms with E-state index in [0.717, 1.165) is 12.1 Å². The smallest absolute Gasteiger partial charge is 0.153 e. The van der Waals surface area contributed by atoms with Gasteiger partial charge in [0.25, 0.3) is 0 Å². The zero-order chi connectivity index (χ0) is 11.0. The van der Waals surface area contributed by atoms with Crippen molar-refractivity contribution in [1.29, 1.82) is 0 Å². The van der Waals surface area contributed by atoms with Gasteiger partial charge >= 0.3 is 0 Å². The molecule has 3 heteroatoms. The van der Waals surface area contributed by atoms with Crippen molar-refractivity contribution in [3.05, 3.63) is 41.3 Å². The highest BCUT2D eigenvalue weighted by Crippen LogP contribution is 2.29. The van der Waals surface area contributed by atoms with Crippen molar-refractivity contribution in [2.24, 2.45) is 0 Å². The minimum absolute atomic E-state index is 0.561. The van der Waals surface area contributed by atoms with Crippen LogP contribution in [0.25, 0.3) is 10.9 Å². The van der Waals surface area contributed by atoms with Gasteiger partial charge in [0.1, 0.15) is 0 Å². The van der Waals surface area contributed by atoms with E-state index in [1.54, 1.807) is 6.20 Å². The maximum absolute atomic E-state index is 6.12.